The number of hydrogen-bond acceptors (Lipinski definition) is 5. The molecule has 1 aromatic heterocycles. The Kier molecular flexibility index (Phi) is 4.84. The molecule has 0 saturated carbocycles. The topological polar surface area (TPSA) is 79.6 Å². The van der Waals surface area contributed by atoms with Gasteiger partial charge in [-0.05, 0) is 26.1 Å². The Balaban J connectivity index is 1.75. The second kappa shape index (κ2) is 6.88. The second-order valence-electron chi connectivity index (χ2n) is 6.64. The van der Waals surface area contributed by atoms with Crippen molar-refractivity contribution in [3.63, 3.8) is 0 Å². The van der Waals surface area contributed by atoms with Crippen molar-refractivity contribution in [2.24, 2.45) is 0 Å². The molecule has 2 aromatic rings. The third-order valence-corrected chi connectivity index (χ3v) is 4.52. The maximum absolute atomic E-state index is 12.6. The Morgan fingerprint density at radius 1 is 1.50 bits per heavy atom. The molecule has 1 aliphatic heterocycles. The summed E-state index contributed by atoms with van der Waals surface area (Å²) < 4.78 is 7.36. The van der Waals surface area contributed by atoms with E-state index in [2.05, 4.69) is 10.3 Å². The minimum absolute atomic E-state index is 0.127. The number of para-hydroxylation sites is 2. The average Bonchev–Trinajstić information content (AvgIpc) is 2.98. The number of fused-ring (bicyclic) bond motifs is 1. The molecule has 24 heavy (non-hydrogen) atoms. The van der Waals surface area contributed by atoms with Gasteiger partial charge in [0.2, 0.25) is 5.91 Å². The predicted molar refractivity (Wildman–Crippen MR) is 90.6 cm³/mol. The van der Waals surface area contributed by atoms with Crippen molar-refractivity contribution in [2.75, 3.05) is 33.4 Å². The number of imidazole rings is 1. The first kappa shape index (κ1) is 16.9. The molecule has 3 rings (SSSR count). The molecule has 7 heteroatoms. The zero-order chi connectivity index (χ0) is 17.2. The minimum atomic E-state index is -0.779. The molecule has 2 atom stereocenters. The number of carbonyl (C=O) groups excluding carboxylic acids is 1. The highest BCUT2D eigenvalue weighted by Gasteiger charge is 2.33. The molecule has 0 aliphatic carbocycles. The number of benzene rings is 1. The summed E-state index contributed by atoms with van der Waals surface area (Å²) in [5.41, 5.74) is 1.09. The SMILES string of the molecule is CN1CCOCC1C(=O)NC(C)(CO)Cn1cnc2ccccc21. The van der Waals surface area contributed by atoms with E-state index < -0.39 is 5.54 Å². The summed E-state index contributed by atoms with van der Waals surface area (Å²) in [5.74, 6) is -0.127. The van der Waals surface area contributed by atoms with Crippen molar-refractivity contribution in [3.05, 3.63) is 30.6 Å². The van der Waals surface area contributed by atoms with Crippen LogP contribution in [-0.2, 0) is 16.1 Å². The normalized spacial score (nSPS) is 21.5. The molecule has 130 valence electrons. The van der Waals surface area contributed by atoms with Gasteiger partial charge in [0.1, 0.15) is 6.04 Å². The lowest BCUT2D eigenvalue weighted by atomic mass is 10.0. The molecule has 2 N–H and O–H groups in total. The highest BCUT2D eigenvalue weighted by Crippen LogP contribution is 2.16. The van der Waals surface area contributed by atoms with Crippen LogP contribution in [-0.4, -0.2) is 70.5 Å². The van der Waals surface area contributed by atoms with Gasteiger partial charge < -0.3 is 19.7 Å². The summed E-state index contributed by atoms with van der Waals surface area (Å²) >= 11 is 0. The number of morpholine rings is 1. The van der Waals surface area contributed by atoms with Gasteiger partial charge in [-0.15, -0.1) is 0 Å². The number of nitrogens with zero attached hydrogens (tertiary/aromatic N) is 3. The molecule has 0 spiro atoms. The molecule has 1 aliphatic rings. The fourth-order valence-electron chi connectivity index (χ4n) is 2.98. The van der Waals surface area contributed by atoms with Crippen LogP contribution in [0.4, 0.5) is 0 Å². The third kappa shape index (κ3) is 3.43. The number of ether oxygens (including phenoxy) is 1. The highest BCUT2D eigenvalue weighted by atomic mass is 16.5. The van der Waals surface area contributed by atoms with Gasteiger partial charge in [0.05, 0.1) is 42.7 Å². The number of carbonyl (C=O) groups is 1. The van der Waals surface area contributed by atoms with Crippen molar-refractivity contribution >= 4 is 16.9 Å². The van der Waals surface area contributed by atoms with Crippen LogP contribution < -0.4 is 5.32 Å². The van der Waals surface area contributed by atoms with Gasteiger partial charge in [-0.2, -0.15) is 0 Å². The van der Waals surface area contributed by atoms with E-state index in [4.69, 9.17) is 4.74 Å². The minimum Gasteiger partial charge on any atom is -0.394 e. The van der Waals surface area contributed by atoms with E-state index in [1.54, 1.807) is 6.33 Å². The Morgan fingerprint density at radius 2 is 2.29 bits per heavy atom. The third-order valence-electron chi connectivity index (χ3n) is 4.52. The smallest absolute Gasteiger partial charge is 0.240 e. The van der Waals surface area contributed by atoms with Crippen LogP contribution in [0.3, 0.4) is 0 Å². The van der Waals surface area contributed by atoms with Gasteiger partial charge in [0.15, 0.2) is 0 Å². The zero-order valence-corrected chi connectivity index (χ0v) is 14.1. The molecule has 2 heterocycles. The van der Waals surface area contributed by atoms with Crippen LogP contribution in [0.25, 0.3) is 11.0 Å². The first-order chi connectivity index (χ1) is 11.5. The first-order valence-corrected chi connectivity index (χ1v) is 8.13. The number of amides is 1. The Labute approximate surface area is 141 Å². The Morgan fingerprint density at radius 3 is 3.04 bits per heavy atom. The molecule has 0 bridgehead atoms. The summed E-state index contributed by atoms with van der Waals surface area (Å²) in [6.07, 6.45) is 1.74. The van der Waals surface area contributed by atoms with Crippen molar-refractivity contribution in [3.8, 4) is 0 Å². The van der Waals surface area contributed by atoms with Crippen molar-refractivity contribution in [2.45, 2.75) is 25.0 Å². The van der Waals surface area contributed by atoms with Crippen LogP contribution in [0, 0.1) is 0 Å². The van der Waals surface area contributed by atoms with Gasteiger partial charge in [0.25, 0.3) is 0 Å². The quantitative estimate of drug-likeness (QED) is 0.820. The molecular formula is C17H24N4O3. The lowest BCUT2D eigenvalue weighted by Crippen LogP contribution is -2.59. The number of rotatable bonds is 5. The highest BCUT2D eigenvalue weighted by molar-refractivity contribution is 5.82. The fourth-order valence-corrected chi connectivity index (χ4v) is 2.98. The Hall–Kier alpha value is -1.96. The molecule has 0 radical (unpaired) electrons. The molecular weight excluding hydrogens is 308 g/mol. The standard InChI is InChI=1S/C17H24N4O3/c1-17(11-22,19-16(23)15-9-24-8-7-20(15)2)10-21-12-18-13-5-3-4-6-14(13)21/h3-6,12,15,22H,7-11H2,1-2H3,(H,19,23). The molecule has 1 aromatic carbocycles. The number of likely N-dealkylation sites (N-methyl/N-ethyl adjacent to an activating group) is 1. The number of aromatic nitrogens is 2. The van der Waals surface area contributed by atoms with Crippen LogP contribution in [0.5, 0.6) is 0 Å². The average molecular weight is 332 g/mol. The molecule has 1 amide bonds. The van der Waals surface area contributed by atoms with Crippen LogP contribution in [0.2, 0.25) is 0 Å². The van der Waals surface area contributed by atoms with E-state index in [0.29, 0.717) is 19.8 Å². The number of hydrogen-bond donors (Lipinski definition) is 2. The van der Waals surface area contributed by atoms with Crippen molar-refractivity contribution in [1.29, 1.82) is 0 Å². The molecule has 2 unspecified atom stereocenters. The summed E-state index contributed by atoms with van der Waals surface area (Å²) in [6.45, 7) is 3.84. The van der Waals surface area contributed by atoms with Crippen LogP contribution >= 0.6 is 0 Å². The monoisotopic (exact) mass is 332 g/mol. The van der Waals surface area contributed by atoms with Gasteiger partial charge in [-0.1, -0.05) is 12.1 Å². The second-order valence-corrected chi connectivity index (χ2v) is 6.64. The number of aliphatic hydroxyl groups is 1. The molecule has 7 nitrogen and oxygen atoms in total. The predicted octanol–water partition coefficient (Wildman–Crippen LogP) is 0.234. The summed E-state index contributed by atoms with van der Waals surface area (Å²) in [6, 6.07) is 7.47. The van der Waals surface area contributed by atoms with E-state index in [0.717, 1.165) is 17.6 Å². The summed E-state index contributed by atoms with van der Waals surface area (Å²) in [5, 5.41) is 12.9. The first-order valence-electron chi connectivity index (χ1n) is 8.13. The largest absolute Gasteiger partial charge is 0.394 e. The number of nitrogens with one attached hydrogen (secondary N) is 1. The maximum atomic E-state index is 12.6. The van der Waals surface area contributed by atoms with Crippen molar-refractivity contribution in [1.82, 2.24) is 19.8 Å². The maximum Gasteiger partial charge on any atom is 0.240 e. The zero-order valence-electron chi connectivity index (χ0n) is 14.1. The van der Waals surface area contributed by atoms with E-state index in [9.17, 15) is 9.90 Å². The van der Waals surface area contributed by atoms with Crippen LogP contribution in [0.15, 0.2) is 30.6 Å². The van der Waals surface area contributed by atoms with E-state index in [-0.39, 0.29) is 18.6 Å². The molecule has 1 saturated heterocycles. The summed E-state index contributed by atoms with van der Waals surface area (Å²) in [7, 11) is 1.91. The van der Waals surface area contributed by atoms with Crippen LogP contribution in [0.1, 0.15) is 6.92 Å². The van der Waals surface area contributed by atoms with Crippen molar-refractivity contribution < 1.29 is 14.6 Å². The molecule has 1 fully saturated rings. The van der Waals surface area contributed by atoms with E-state index in [1.165, 1.54) is 0 Å². The van der Waals surface area contributed by atoms with E-state index >= 15 is 0 Å². The Bertz CT molecular complexity index is 717. The van der Waals surface area contributed by atoms with Gasteiger partial charge in [0, 0.05) is 13.1 Å². The van der Waals surface area contributed by atoms with Gasteiger partial charge >= 0.3 is 0 Å². The fraction of sp³-hybridized carbons (Fsp3) is 0.529. The van der Waals surface area contributed by atoms with Gasteiger partial charge in [-0.25, -0.2) is 4.98 Å². The summed E-state index contributed by atoms with van der Waals surface area (Å²) in [4.78, 5) is 18.9. The lowest BCUT2D eigenvalue weighted by Gasteiger charge is -2.35. The lowest BCUT2D eigenvalue weighted by molar-refractivity contribution is -0.134. The van der Waals surface area contributed by atoms with Gasteiger partial charge in [-0.3, -0.25) is 9.69 Å². The number of aliphatic hydroxyl groups excluding tert-OH is 1. The van der Waals surface area contributed by atoms with E-state index in [1.807, 2.05) is 47.7 Å².